The van der Waals surface area contributed by atoms with E-state index in [-0.39, 0.29) is 11.7 Å². The molecule has 5 rings (SSSR count). The summed E-state index contributed by atoms with van der Waals surface area (Å²) in [5.74, 6) is 0.525. The molecular weight excluding hydrogens is 422 g/mol. The Kier molecular flexibility index (Phi) is 5.40. The predicted octanol–water partition coefficient (Wildman–Crippen LogP) is 4.63. The van der Waals surface area contributed by atoms with Crippen molar-refractivity contribution in [1.82, 2.24) is 15.0 Å². The first kappa shape index (κ1) is 20.7. The first-order valence-corrected chi connectivity index (χ1v) is 11.5. The minimum Gasteiger partial charge on any atom is -0.375 e. The summed E-state index contributed by atoms with van der Waals surface area (Å²) in [7, 11) is 0. The third-order valence-electron chi connectivity index (χ3n) is 5.68. The molecule has 0 unspecified atom stereocenters. The number of morpholine rings is 1. The van der Waals surface area contributed by atoms with E-state index in [0.717, 1.165) is 52.7 Å². The highest BCUT2D eigenvalue weighted by Gasteiger charge is 2.19. The summed E-state index contributed by atoms with van der Waals surface area (Å²) >= 11 is 1.58. The van der Waals surface area contributed by atoms with Crippen molar-refractivity contribution in [2.45, 2.75) is 26.9 Å². The number of hydrogen-bond donors (Lipinski definition) is 2. The van der Waals surface area contributed by atoms with Gasteiger partial charge in [-0.05, 0) is 62.1 Å². The number of benzene rings is 1. The molecule has 0 spiro atoms. The van der Waals surface area contributed by atoms with Gasteiger partial charge >= 0.3 is 0 Å². The lowest BCUT2D eigenvalue weighted by Gasteiger charge is -2.34. The van der Waals surface area contributed by atoms with Crippen LogP contribution in [0.1, 0.15) is 17.5 Å². The second-order valence-corrected chi connectivity index (χ2v) is 9.19. The van der Waals surface area contributed by atoms with Crippen molar-refractivity contribution < 1.29 is 4.74 Å². The van der Waals surface area contributed by atoms with E-state index in [1.165, 1.54) is 5.69 Å². The van der Waals surface area contributed by atoms with Gasteiger partial charge in [0.05, 0.1) is 34.5 Å². The molecule has 8 heteroatoms. The van der Waals surface area contributed by atoms with Gasteiger partial charge in [0.1, 0.15) is 5.82 Å². The van der Waals surface area contributed by atoms with Gasteiger partial charge in [-0.25, -0.2) is 9.97 Å². The molecule has 2 N–H and O–H groups in total. The summed E-state index contributed by atoms with van der Waals surface area (Å²) in [6, 6.07) is 10.1. The molecule has 7 nitrogen and oxygen atoms in total. The molecule has 4 aromatic rings. The predicted molar refractivity (Wildman–Crippen MR) is 130 cm³/mol. The van der Waals surface area contributed by atoms with Crippen LogP contribution in [0.4, 0.5) is 17.2 Å². The molecule has 32 heavy (non-hydrogen) atoms. The number of aromatic amines is 1. The van der Waals surface area contributed by atoms with Crippen molar-refractivity contribution in [1.29, 1.82) is 0 Å². The van der Waals surface area contributed by atoms with Crippen LogP contribution in [0, 0.1) is 13.8 Å². The van der Waals surface area contributed by atoms with Crippen molar-refractivity contribution >= 4 is 39.3 Å². The van der Waals surface area contributed by atoms with Crippen LogP contribution < -0.4 is 15.8 Å². The smallest absolute Gasteiger partial charge is 0.259 e. The zero-order chi connectivity index (χ0) is 22.2. The average Bonchev–Trinajstić information content (AvgIpc) is 3.20. The van der Waals surface area contributed by atoms with E-state index in [1.54, 1.807) is 17.5 Å². The molecule has 1 aliphatic rings. The number of anilines is 3. The molecular formula is C24H25N5O2S. The standard InChI is InChI=1S/C24H25N5O2S/c1-14-10-18(4-5-21(14)29-8-9-31-15(2)12-29)27-23-22-17(6-7-25-24(22)30)11-19(28-23)20-13-32-16(3)26-20/h4-7,10-11,13,15H,8-9,12H2,1-3H3,(H,25,30)(H,27,28)/t15-/m1/s1. The van der Waals surface area contributed by atoms with E-state index < -0.39 is 0 Å². The second kappa shape index (κ2) is 8.37. The fourth-order valence-corrected chi connectivity index (χ4v) is 4.79. The number of H-pyrrole nitrogens is 1. The van der Waals surface area contributed by atoms with Gasteiger partial charge in [-0.3, -0.25) is 4.79 Å². The second-order valence-electron chi connectivity index (χ2n) is 8.13. The molecule has 1 aromatic carbocycles. The summed E-state index contributed by atoms with van der Waals surface area (Å²) < 4.78 is 5.67. The van der Waals surface area contributed by atoms with Gasteiger partial charge in [0.15, 0.2) is 0 Å². The van der Waals surface area contributed by atoms with E-state index in [1.807, 2.05) is 30.5 Å². The number of aromatic nitrogens is 3. The Hall–Kier alpha value is -3.23. The lowest BCUT2D eigenvalue weighted by molar-refractivity contribution is 0.0532. The van der Waals surface area contributed by atoms with Crippen molar-refractivity contribution in [3.05, 3.63) is 62.8 Å². The summed E-state index contributed by atoms with van der Waals surface area (Å²) in [5, 5.41) is 7.71. The molecule has 1 saturated heterocycles. The first-order valence-electron chi connectivity index (χ1n) is 10.7. The van der Waals surface area contributed by atoms with Crippen LogP contribution in [0.25, 0.3) is 22.2 Å². The van der Waals surface area contributed by atoms with Gasteiger partial charge in [-0.1, -0.05) is 0 Å². The zero-order valence-electron chi connectivity index (χ0n) is 18.3. The van der Waals surface area contributed by atoms with Crippen LogP contribution in [0.2, 0.25) is 0 Å². The molecule has 0 radical (unpaired) electrons. The maximum atomic E-state index is 12.6. The van der Waals surface area contributed by atoms with Crippen LogP contribution in [0.3, 0.4) is 0 Å². The number of rotatable bonds is 4. The Morgan fingerprint density at radius 1 is 1.19 bits per heavy atom. The molecule has 0 amide bonds. The lowest BCUT2D eigenvalue weighted by Crippen LogP contribution is -2.41. The average molecular weight is 448 g/mol. The fraction of sp³-hybridized carbons (Fsp3) is 0.292. The minimum absolute atomic E-state index is 0.172. The first-order chi connectivity index (χ1) is 15.5. The molecule has 164 valence electrons. The molecule has 1 fully saturated rings. The SMILES string of the molecule is Cc1nc(-c2cc3cc[nH]c(=O)c3c(Nc3ccc(N4CCO[C@H](C)C4)c(C)c3)n2)cs1. The monoisotopic (exact) mass is 447 g/mol. The number of aryl methyl sites for hydroxylation is 2. The summed E-state index contributed by atoms with van der Waals surface area (Å²) in [5.41, 5.74) is 4.63. The van der Waals surface area contributed by atoms with E-state index in [4.69, 9.17) is 9.72 Å². The van der Waals surface area contributed by atoms with Gasteiger partial charge in [0, 0.05) is 36.0 Å². The van der Waals surface area contributed by atoms with Crippen LogP contribution in [0.15, 0.2) is 46.7 Å². The molecule has 0 saturated carbocycles. The number of hydrogen-bond acceptors (Lipinski definition) is 7. The third kappa shape index (κ3) is 3.99. The van der Waals surface area contributed by atoms with Crippen molar-refractivity contribution in [3.63, 3.8) is 0 Å². The van der Waals surface area contributed by atoms with Gasteiger partial charge in [0.2, 0.25) is 0 Å². The number of thiazole rings is 1. The number of nitrogens with zero attached hydrogens (tertiary/aromatic N) is 3. The summed E-state index contributed by atoms with van der Waals surface area (Å²) in [6.45, 7) is 8.68. The number of pyridine rings is 2. The molecule has 0 bridgehead atoms. The Labute approximate surface area is 190 Å². The van der Waals surface area contributed by atoms with Crippen molar-refractivity contribution in [2.75, 3.05) is 29.9 Å². The van der Waals surface area contributed by atoms with E-state index in [0.29, 0.717) is 11.2 Å². The molecule has 1 atom stereocenters. The highest BCUT2D eigenvalue weighted by molar-refractivity contribution is 7.09. The maximum Gasteiger partial charge on any atom is 0.259 e. The highest BCUT2D eigenvalue weighted by Crippen LogP contribution is 2.30. The Morgan fingerprint density at radius 3 is 2.81 bits per heavy atom. The lowest BCUT2D eigenvalue weighted by atomic mass is 10.1. The number of nitrogens with one attached hydrogen (secondary N) is 2. The Bertz CT molecular complexity index is 1350. The Balaban J connectivity index is 1.53. The quantitative estimate of drug-likeness (QED) is 0.475. The highest BCUT2D eigenvalue weighted by atomic mass is 32.1. The largest absolute Gasteiger partial charge is 0.375 e. The number of ether oxygens (including phenoxy) is 1. The topological polar surface area (TPSA) is 83.1 Å². The molecule has 4 heterocycles. The van der Waals surface area contributed by atoms with Gasteiger partial charge < -0.3 is 19.9 Å². The molecule has 0 aliphatic carbocycles. The van der Waals surface area contributed by atoms with Crippen molar-refractivity contribution in [3.8, 4) is 11.4 Å². The van der Waals surface area contributed by atoms with Crippen LogP contribution in [0.5, 0.6) is 0 Å². The van der Waals surface area contributed by atoms with Crippen LogP contribution in [-0.4, -0.2) is 40.8 Å². The normalized spacial score (nSPS) is 16.5. The van der Waals surface area contributed by atoms with E-state index >= 15 is 0 Å². The van der Waals surface area contributed by atoms with Crippen molar-refractivity contribution in [2.24, 2.45) is 0 Å². The van der Waals surface area contributed by atoms with Gasteiger partial charge in [-0.15, -0.1) is 11.3 Å². The maximum absolute atomic E-state index is 12.6. The molecule has 1 aliphatic heterocycles. The van der Waals surface area contributed by atoms with Crippen LogP contribution >= 0.6 is 11.3 Å². The molecule has 3 aromatic heterocycles. The van der Waals surface area contributed by atoms with Crippen LogP contribution in [-0.2, 0) is 4.74 Å². The minimum atomic E-state index is -0.172. The zero-order valence-corrected chi connectivity index (χ0v) is 19.1. The van der Waals surface area contributed by atoms with E-state index in [2.05, 4.69) is 46.2 Å². The summed E-state index contributed by atoms with van der Waals surface area (Å²) in [4.78, 5) is 27.1. The third-order valence-corrected chi connectivity index (χ3v) is 6.45. The van der Waals surface area contributed by atoms with Gasteiger partial charge in [-0.2, -0.15) is 0 Å². The fourth-order valence-electron chi connectivity index (χ4n) is 4.18. The van der Waals surface area contributed by atoms with E-state index in [9.17, 15) is 4.79 Å². The number of fused-ring (bicyclic) bond motifs is 1. The van der Waals surface area contributed by atoms with Gasteiger partial charge in [0.25, 0.3) is 5.56 Å². The summed E-state index contributed by atoms with van der Waals surface area (Å²) in [6.07, 6.45) is 1.88. The Morgan fingerprint density at radius 2 is 2.06 bits per heavy atom.